The van der Waals surface area contributed by atoms with Crippen molar-refractivity contribution in [3.63, 3.8) is 0 Å². The number of methoxy groups -OCH3 is 2. The topological polar surface area (TPSA) is 87.5 Å². The Hall–Kier alpha value is -4.92. The maximum atomic E-state index is 15.2. The molecular formula is C28H23FN4O4. The van der Waals surface area contributed by atoms with Gasteiger partial charge in [0.1, 0.15) is 17.1 Å². The molecule has 0 atom stereocenters. The van der Waals surface area contributed by atoms with E-state index in [0.717, 1.165) is 5.69 Å². The van der Waals surface area contributed by atoms with E-state index in [1.165, 1.54) is 23.8 Å². The van der Waals surface area contributed by atoms with Gasteiger partial charge in [-0.2, -0.15) is 0 Å². The molecule has 0 aliphatic carbocycles. The second-order valence-electron chi connectivity index (χ2n) is 8.12. The fraction of sp³-hybridized carbons (Fsp3) is 0.107. The summed E-state index contributed by atoms with van der Waals surface area (Å²) in [6.07, 6.45) is 4.88. The summed E-state index contributed by atoms with van der Waals surface area (Å²) in [5, 5.41) is 3.79. The van der Waals surface area contributed by atoms with Crippen LogP contribution in [0.1, 0.15) is 0 Å². The largest absolute Gasteiger partial charge is 0.493 e. The number of pyridine rings is 3. The van der Waals surface area contributed by atoms with Gasteiger partial charge in [-0.1, -0.05) is 6.07 Å². The molecule has 0 spiro atoms. The summed E-state index contributed by atoms with van der Waals surface area (Å²) in [6, 6.07) is 16.6. The van der Waals surface area contributed by atoms with Crippen molar-refractivity contribution in [2.45, 2.75) is 0 Å². The number of hydrogen-bond acceptors (Lipinski definition) is 7. The van der Waals surface area contributed by atoms with Crippen molar-refractivity contribution >= 4 is 22.4 Å². The third-order valence-electron chi connectivity index (χ3n) is 5.92. The Bertz CT molecular complexity index is 1650. The van der Waals surface area contributed by atoms with Crippen LogP contribution in [0.5, 0.6) is 23.0 Å². The van der Waals surface area contributed by atoms with Gasteiger partial charge in [-0.15, -0.1) is 0 Å². The molecule has 0 amide bonds. The number of hydrogen-bond donors (Lipinski definition) is 1. The van der Waals surface area contributed by atoms with Crippen LogP contribution >= 0.6 is 0 Å². The molecular weight excluding hydrogens is 475 g/mol. The predicted octanol–water partition coefficient (Wildman–Crippen LogP) is 5.69. The van der Waals surface area contributed by atoms with E-state index in [1.807, 2.05) is 6.07 Å². The summed E-state index contributed by atoms with van der Waals surface area (Å²) in [6.45, 7) is 0. The van der Waals surface area contributed by atoms with Crippen LogP contribution in [0, 0.1) is 5.82 Å². The average molecular weight is 499 g/mol. The van der Waals surface area contributed by atoms with Crippen molar-refractivity contribution in [2.24, 2.45) is 7.05 Å². The summed E-state index contributed by atoms with van der Waals surface area (Å²) in [4.78, 5) is 21.5. The Labute approximate surface area is 211 Å². The van der Waals surface area contributed by atoms with Crippen molar-refractivity contribution in [1.29, 1.82) is 0 Å². The van der Waals surface area contributed by atoms with Crippen molar-refractivity contribution in [1.82, 2.24) is 14.5 Å². The van der Waals surface area contributed by atoms with Gasteiger partial charge in [0.05, 0.1) is 26.1 Å². The second-order valence-corrected chi connectivity index (χ2v) is 8.12. The highest BCUT2D eigenvalue weighted by molar-refractivity contribution is 5.92. The quantitative estimate of drug-likeness (QED) is 0.309. The SMILES string of the molecule is COc1ccc2c(Oc3ccc(-c4ccc(Nc5cccnc5)n(C)c4=O)cc3F)ccnc2c1OC. The van der Waals surface area contributed by atoms with E-state index >= 15 is 4.39 Å². The standard InChI is InChI=1S/C28H23FN4O4/c1-33-25(32-18-5-4-13-30-16-18)11-8-19(28(33)34)17-6-9-23(21(29)15-17)37-22-12-14-31-26-20(22)7-10-24(35-2)27(26)36-3/h4-16,32H,1-3H3. The van der Waals surface area contributed by atoms with Crippen LogP contribution in [0.4, 0.5) is 15.9 Å². The van der Waals surface area contributed by atoms with Crippen LogP contribution in [0.2, 0.25) is 0 Å². The minimum absolute atomic E-state index is 0.0118. The van der Waals surface area contributed by atoms with Crippen LogP contribution in [-0.2, 0) is 7.05 Å². The zero-order valence-electron chi connectivity index (χ0n) is 20.4. The number of benzene rings is 2. The van der Waals surface area contributed by atoms with Gasteiger partial charge in [-0.05, 0) is 60.2 Å². The van der Waals surface area contributed by atoms with E-state index in [4.69, 9.17) is 14.2 Å². The van der Waals surface area contributed by atoms with Crippen molar-refractivity contribution in [3.05, 3.63) is 95.4 Å². The molecule has 0 aliphatic rings. The second kappa shape index (κ2) is 9.98. The van der Waals surface area contributed by atoms with Crippen LogP contribution in [0.15, 0.2) is 84.0 Å². The van der Waals surface area contributed by atoms with E-state index < -0.39 is 5.82 Å². The Balaban J connectivity index is 1.45. The highest BCUT2D eigenvalue weighted by atomic mass is 19.1. The number of nitrogens with one attached hydrogen (secondary N) is 1. The number of halogens is 1. The Morgan fingerprint density at radius 2 is 1.76 bits per heavy atom. The van der Waals surface area contributed by atoms with E-state index in [-0.39, 0.29) is 11.3 Å². The van der Waals surface area contributed by atoms with Gasteiger partial charge in [0, 0.05) is 30.4 Å². The average Bonchev–Trinajstić information content (AvgIpc) is 2.92. The molecule has 0 fully saturated rings. The van der Waals surface area contributed by atoms with Gasteiger partial charge in [-0.3, -0.25) is 19.3 Å². The summed E-state index contributed by atoms with van der Waals surface area (Å²) in [5.74, 6) is 1.37. The zero-order valence-corrected chi connectivity index (χ0v) is 20.4. The molecule has 186 valence electrons. The predicted molar refractivity (Wildman–Crippen MR) is 140 cm³/mol. The highest BCUT2D eigenvalue weighted by Gasteiger charge is 2.16. The number of fused-ring (bicyclic) bond motifs is 1. The summed E-state index contributed by atoms with van der Waals surface area (Å²) in [5.41, 5.74) is 1.79. The van der Waals surface area contributed by atoms with E-state index in [0.29, 0.717) is 45.1 Å². The lowest BCUT2D eigenvalue weighted by Gasteiger charge is -2.14. The molecule has 37 heavy (non-hydrogen) atoms. The van der Waals surface area contributed by atoms with Gasteiger partial charge in [0.2, 0.25) is 0 Å². The van der Waals surface area contributed by atoms with Gasteiger partial charge in [-0.25, -0.2) is 4.39 Å². The molecule has 1 N–H and O–H groups in total. The Morgan fingerprint density at radius 1 is 0.919 bits per heavy atom. The number of anilines is 2. The molecule has 0 radical (unpaired) electrons. The highest BCUT2D eigenvalue weighted by Crippen LogP contribution is 2.39. The maximum absolute atomic E-state index is 15.2. The lowest BCUT2D eigenvalue weighted by molar-refractivity contribution is 0.358. The normalized spacial score (nSPS) is 10.8. The van der Waals surface area contributed by atoms with E-state index in [9.17, 15) is 4.79 Å². The first-order valence-corrected chi connectivity index (χ1v) is 11.3. The molecule has 0 saturated heterocycles. The molecule has 8 nitrogen and oxygen atoms in total. The lowest BCUT2D eigenvalue weighted by Crippen LogP contribution is -2.20. The molecule has 0 aliphatic heterocycles. The van der Waals surface area contributed by atoms with Crippen LogP contribution < -0.4 is 25.1 Å². The fourth-order valence-electron chi connectivity index (χ4n) is 4.03. The van der Waals surface area contributed by atoms with E-state index in [1.54, 1.807) is 75.2 Å². The van der Waals surface area contributed by atoms with Gasteiger partial charge >= 0.3 is 0 Å². The van der Waals surface area contributed by atoms with Crippen molar-refractivity contribution in [3.8, 4) is 34.1 Å². The first-order valence-electron chi connectivity index (χ1n) is 11.3. The molecule has 2 aromatic carbocycles. The monoisotopic (exact) mass is 498 g/mol. The van der Waals surface area contributed by atoms with Crippen molar-refractivity contribution < 1.29 is 18.6 Å². The first kappa shape index (κ1) is 23.8. The lowest BCUT2D eigenvalue weighted by atomic mass is 10.1. The molecule has 3 aromatic heterocycles. The third-order valence-corrected chi connectivity index (χ3v) is 5.92. The molecule has 5 rings (SSSR count). The molecule has 5 aromatic rings. The van der Waals surface area contributed by atoms with E-state index in [2.05, 4.69) is 15.3 Å². The van der Waals surface area contributed by atoms with Crippen LogP contribution in [-0.4, -0.2) is 28.8 Å². The zero-order chi connectivity index (χ0) is 25.9. The molecule has 9 heteroatoms. The van der Waals surface area contributed by atoms with Gasteiger partial charge < -0.3 is 19.5 Å². The minimum Gasteiger partial charge on any atom is -0.493 e. The summed E-state index contributed by atoms with van der Waals surface area (Å²) < 4.78 is 33.3. The maximum Gasteiger partial charge on any atom is 0.259 e. The van der Waals surface area contributed by atoms with Crippen molar-refractivity contribution in [2.75, 3.05) is 19.5 Å². The van der Waals surface area contributed by atoms with Gasteiger partial charge in [0.25, 0.3) is 5.56 Å². The van der Waals surface area contributed by atoms with Gasteiger partial charge in [0.15, 0.2) is 23.1 Å². The number of aromatic nitrogens is 3. The number of nitrogens with zero attached hydrogens (tertiary/aromatic N) is 3. The first-order chi connectivity index (χ1) is 18.0. The summed E-state index contributed by atoms with van der Waals surface area (Å²) in [7, 11) is 4.71. The smallest absolute Gasteiger partial charge is 0.259 e. The molecule has 0 bridgehead atoms. The summed E-state index contributed by atoms with van der Waals surface area (Å²) >= 11 is 0. The van der Waals surface area contributed by atoms with Crippen LogP contribution in [0.25, 0.3) is 22.0 Å². The fourth-order valence-corrected chi connectivity index (χ4v) is 4.03. The molecule has 3 heterocycles. The third kappa shape index (κ3) is 4.54. The Kier molecular flexibility index (Phi) is 6.42. The molecule has 0 unspecified atom stereocenters. The Morgan fingerprint density at radius 3 is 2.49 bits per heavy atom. The number of ether oxygens (including phenoxy) is 3. The number of rotatable bonds is 7. The minimum atomic E-state index is -0.609. The van der Waals surface area contributed by atoms with Crippen LogP contribution in [0.3, 0.4) is 0 Å². The molecule has 0 saturated carbocycles.